The predicted octanol–water partition coefficient (Wildman–Crippen LogP) is 4.39. The first kappa shape index (κ1) is 23.6. The van der Waals surface area contributed by atoms with Gasteiger partial charge in [-0.3, -0.25) is 9.59 Å². The van der Waals surface area contributed by atoms with E-state index >= 15 is 0 Å². The molecule has 2 aromatic carbocycles. The molecule has 1 aromatic heterocycles. The van der Waals surface area contributed by atoms with Gasteiger partial charge in [0.15, 0.2) is 0 Å². The van der Waals surface area contributed by atoms with Gasteiger partial charge in [-0.15, -0.1) is 0 Å². The van der Waals surface area contributed by atoms with Crippen molar-refractivity contribution in [1.29, 1.82) is 0 Å². The molecule has 1 spiro atoms. The fourth-order valence-electron chi connectivity index (χ4n) is 5.47. The first-order valence-corrected chi connectivity index (χ1v) is 12.3. The number of aliphatic hydroxyl groups excluding tert-OH is 1. The minimum atomic E-state index is -0.728. The maximum atomic E-state index is 14.1. The molecule has 0 saturated carbocycles. The van der Waals surface area contributed by atoms with Crippen LogP contribution in [0, 0.1) is 12.3 Å². The van der Waals surface area contributed by atoms with E-state index in [9.17, 15) is 14.7 Å². The van der Waals surface area contributed by atoms with E-state index in [4.69, 9.17) is 16.1 Å². The summed E-state index contributed by atoms with van der Waals surface area (Å²) in [5, 5.41) is 15.8. The van der Waals surface area contributed by atoms with E-state index in [-0.39, 0.29) is 17.6 Å². The van der Waals surface area contributed by atoms with Gasteiger partial charge in [-0.2, -0.15) is 0 Å². The van der Waals surface area contributed by atoms with Crippen molar-refractivity contribution in [3.8, 4) is 0 Å². The van der Waals surface area contributed by atoms with Gasteiger partial charge in [0.1, 0.15) is 0 Å². The number of carbonyl (C=O) groups excluding carboxylic acids is 2. The van der Waals surface area contributed by atoms with Crippen molar-refractivity contribution in [2.45, 2.75) is 44.9 Å². The first-order valence-electron chi connectivity index (χ1n) is 11.9. The molecule has 3 heterocycles. The second-order valence-electron chi connectivity index (χ2n) is 9.60. The molecule has 2 fully saturated rings. The molecule has 2 aliphatic rings. The van der Waals surface area contributed by atoms with Crippen LogP contribution in [0.2, 0.25) is 5.02 Å². The number of hydrogen-bond acceptors (Lipinski definition) is 5. The van der Waals surface area contributed by atoms with Crippen molar-refractivity contribution in [2.24, 2.45) is 5.41 Å². The highest BCUT2D eigenvalue weighted by Crippen LogP contribution is 2.47. The normalized spacial score (nSPS) is 22.0. The summed E-state index contributed by atoms with van der Waals surface area (Å²) in [4.78, 5) is 30.5. The smallest absolute Gasteiger partial charge is 0.292 e. The molecule has 35 heavy (non-hydrogen) atoms. The number of piperidine rings is 2. The average molecular weight is 494 g/mol. The molecule has 2 amide bonds. The fraction of sp³-hybridized carbons (Fsp3) is 0.370. The Morgan fingerprint density at radius 2 is 1.89 bits per heavy atom. The lowest BCUT2D eigenvalue weighted by atomic mass is 9.68. The third-order valence-corrected chi connectivity index (χ3v) is 7.48. The van der Waals surface area contributed by atoms with Crippen LogP contribution in [0.4, 0.5) is 0 Å². The van der Waals surface area contributed by atoms with Gasteiger partial charge in [0.05, 0.1) is 23.3 Å². The Bertz CT molecular complexity index is 1220. The Kier molecular flexibility index (Phi) is 6.38. The minimum Gasteiger partial charge on any atom is -0.391 e. The summed E-state index contributed by atoms with van der Waals surface area (Å²) < 4.78 is 5.14. The Hall–Kier alpha value is -3.16. The number of aryl methyl sites for hydroxylation is 1. The summed E-state index contributed by atoms with van der Waals surface area (Å²) in [6.07, 6.45) is 0.597. The van der Waals surface area contributed by atoms with Gasteiger partial charge in [-0.1, -0.05) is 59.2 Å². The van der Waals surface area contributed by atoms with Crippen LogP contribution in [-0.4, -0.2) is 51.1 Å². The van der Waals surface area contributed by atoms with Crippen molar-refractivity contribution in [3.05, 3.63) is 88.3 Å². The van der Waals surface area contributed by atoms with Crippen LogP contribution in [0.1, 0.15) is 52.7 Å². The van der Waals surface area contributed by atoms with Crippen LogP contribution < -0.4 is 0 Å². The molecule has 1 N–H and O–H groups in total. The summed E-state index contributed by atoms with van der Waals surface area (Å²) in [5.74, 6) is 0.00150. The van der Waals surface area contributed by atoms with Crippen LogP contribution in [0.25, 0.3) is 0 Å². The SMILES string of the molecule is Cc1cc(C(=O)N2CCC3(CC2)C[C@@H](O)[C@H](c2ccccc2)N(Cc2cccc(Cl)c2)C3=O)on1. The Labute approximate surface area is 209 Å². The maximum Gasteiger partial charge on any atom is 0.292 e. The van der Waals surface area contributed by atoms with E-state index in [1.807, 2.05) is 48.5 Å². The number of hydrogen-bond donors (Lipinski definition) is 1. The molecule has 2 aliphatic heterocycles. The third kappa shape index (κ3) is 4.58. The van der Waals surface area contributed by atoms with Gasteiger partial charge in [-0.25, -0.2) is 0 Å². The van der Waals surface area contributed by atoms with E-state index < -0.39 is 17.6 Å². The standard InChI is InChI=1S/C27H28ClN3O4/c1-18-14-23(35-29-18)25(33)30-12-10-27(11-13-30)16-22(32)24(20-7-3-2-4-8-20)31(26(27)34)17-19-6-5-9-21(28)15-19/h2-9,14-15,22,24,32H,10-13,16-17H2,1H3/t22-,24+/m1/s1. The molecule has 5 rings (SSSR count). The predicted molar refractivity (Wildman–Crippen MR) is 131 cm³/mol. The Morgan fingerprint density at radius 1 is 1.14 bits per heavy atom. The Balaban J connectivity index is 1.41. The second-order valence-corrected chi connectivity index (χ2v) is 10.0. The van der Waals surface area contributed by atoms with Crippen molar-refractivity contribution >= 4 is 23.4 Å². The number of aliphatic hydroxyl groups is 1. The van der Waals surface area contributed by atoms with Crippen LogP contribution >= 0.6 is 11.6 Å². The number of nitrogens with zero attached hydrogens (tertiary/aromatic N) is 3. The average Bonchev–Trinajstić information content (AvgIpc) is 3.29. The quantitative estimate of drug-likeness (QED) is 0.582. The van der Waals surface area contributed by atoms with Gasteiger partial charge in [0.25, 0.3) is 5.91 Å². The zero-order valence-corrected chi connectivity index (χ0v) is 20.3. The van der Waals surface area contributed by atoms with Crippen LogP contribution in [-0.2, 0) is 11.3 Å². The van der Waals surface area contributed by atoms with Crippen molar-refractivity contribution in [2.75, 3.05) is 13.1 Å². The molecular weight excluding hydrogens is 466 g/mol. The summed E-state index contributed by atoms with van der Waals surface area (Å²) in [5.41, 5.74) is 1.73. The minimum absolute atomic E-state index is 0.0132. The zero-order chi connectivity index (χ0) is 24.6. The number of aromatic nitrogens is 1. The Morgan fingerprint density at radius 3 is 2.54 bits per heavy atom. The van der Waals surface area contributed by atoms with Crippen LogP contribution in [0.5, 0.6) is 0 Å². The summed E-state index contributed by atoms with van der Waals surface area (Å²) in [6.45, 7) is 2.94. The van der Waals surface area contributed by atoms with E-state index in [1.165, 1.54) is 0 Å². The number of carbonyl (C=O) groups is 2. The van der Waals surface area contributed by atoms with E-state index in [0.717, 1.165) is 11.1 Å². The zero-order valence-electron chi connectivity index (χ0n) is 19.6. The van der Waals surface area contributed by atoms with Crippen molar-refractivity contribution in [1.82, 2.24) is 15.0 Å². The number of rotatable bonds is 4. The molecule has 0 bridgehead atoms. The van der Waals surface area contributed by atoms with E-state index in [1.54, 1.807) is 28.9 Å². The van der Waals surface area contributed by atoms with Gasteiger partial charge >= 0.3 is 0 Å². The number of amides is 2. The molecule has 0 unspecified atom stereocenters. The van der Waals surface area contributed by atoms with Gasteiger partial charge in [-0.05, 0) is 49.4 Å². The van der Waals surface area contributed by atoms with Crippen LogP contribution in [0.15, 0.2) is 65.2 Å². The molecule has 182 valence electrons. The highest BCUT2D eigenvalue weighted by atomic mass is 35.5. The van der Waals surface area contributed by atoms with Crippen LogP contribution in [0.3, 0.4) is 0 Å². The summed E-state index contributed by atoms with van der Waals surface area (Å²) in [6, 6.07) is 18.3. The fourth-order valence-corrected chi connectivity index (χ4v) is 5.68. The first-order chi connectivity index (χ1) is 16.9. The van der Waals surface area contributed by atoms with E-state index in [0.29, 0.717) is 49.6 Å². The van der Waals surface area contributed by atoms with Crippen molar-refractivity contribution in [3.63, 3.8) is 0 Å². The van der Waals surface area contributed by atoms with Gasteiger partial charge in [0, 0.05) is 30.7 Å². The monoisotopic (exact) mass is 493 g/mol. The summed E-state index contributed by atoms with van der Waals surface area (Å²) >= 11 is 6.22. The molecular formula is C27H28ClN3O4. The third-order valence-electron chi connectivity index (χ3n) is 7.24. The highest BCUT2D eigenvalue weighted by Gasteiger charge is 2.52. The molecule has 7 nitrogen and oxygen atoms in total. The molecule has 0 radical (unpaired) electrons. The molecule has 2 saturated heterocycles. The van der Waals surface area contributed by atoms with Crippen molar-refractivity contribution < 1.29 is 19.2 Å². The number of halogens is 1. The largest absolute Gasteiger partial charge is 0.391 e. The topological polar surface area (TPSA) is 86.9 Å². The molecule has 0 aliphatic carbocycles. The lowest BCUT2D eigenvalue weighted by Crippen LogP contribution is -2.58. The molecule has 2 atom stereocenters. The lowest BCUT2D eigenvalue weighted by Gasteiger charge is -2.51. The molecule has 8 heteroatoms. The maximum absolute atomic E-state index is 14.1. The van der Waals surface area contributed by atoms with Gasteiger partial charge in [0.2, 0.25) is 11.7 Å². The second kappa shape index (κ2) is 9.47. The summed E-state index contributed by atoms with van der Waals surface area (Å²) in [7, 11) is 0. The highest BCUT2D eigenvalue weighted by molar-refractivity contribution is 6.30. The van der Waals surface area contributed by atoms with Gasteiger partial charge < -0.3 is 19.4 Å². The number of likely N-dealkylation sites (tertiary alicyclic amines) is 2. The van der Waals surface area contributed by atoms with E-state index in [2.05, 4.69) is 5.16 Å². The number of benzene rings is 2. The lowest BCUT2D eigenvalue weighted by molar-refractivity contribution is -0.164. The molecule has 3 aromatic rings.